The maximum atomic E-state index is 12.7. The number of hydrogen-bond acceptors (Lipinski definition) is 4. The molecule has 1 aromatic carbocycles. The maximum Gasteiger partial charge on any atom is 0.421 e. The second kappa shape index (κ2) is 6.49. The molecule has 2 aromatic heterocycles. The van der Waals surface area contributed by atoms with Crippen molar-refractivity contribution in [2.45, 2.75) is 12.7 Å². The van der Waals surface area contributed by atoms with E-state index in [-0.39, 0.29) is 5.13 Å². The Hall–Kier alpha value is -2.39. The van der Waals surface area contributed by atoms with Crippen molar-refractivity contribution in [1.29, 1.82) is 0 Å². The quantitative estimate of drug-likeness (QED) is 0.744. The normalized spacial score (nSPS) is 11.7. The predicted octanol–water partition coefficient (Wildman–Crippen LogP) is 3.77. The molecule has 25 heavy (non-hydrogen) atoms. The fraction of sp³-hybridized carbons (Fsp3) is 0.133. The lowest BCUT2D eigenvalue weighted by atomic mass is 10.2. The average molecular weight is 388 g/mol. The number of rotatable bonds is 3. The van der Waals surface area contributed by atoms with Crippen molar-refractivity contribution in [1.82, 2.24) is 9.55 Å². The number of benzene rings is 1. The van der Waals surface area contributed by atoms with Crippen molar-refractivity contribution in [3.8, 4) is 0 Å². The molecule has 0 aliphatic rings. The molecule has 2 heterocycles. The summed E-state index contributed by atoms with van der Waals surface area (Å²) in [7, 11) is 0. The molecule has 130 valence electrons. The smallest absolute Gasteiger partial charge is 0.306 e. The van der Waals surface area contributed by atoms with Gasteiger partial charge in [-0.05, 0) is 30.3 Å². The summed E-state index contributed by atoms with van der Waals surface area (Å²) in [5.74, 6) is -0.661. The number of thiazole rings is 1. The third kappa shape index (κ3) is 3.83. The molecule has 1 N–H and O–H groups in total. The summed E-state index contributed by atoms with van der Waals surface area (Å²) < 4.78 is 39.6. The highest BCUT2D eigenvalue weighted by atomic mass is 35.5. The molecule has 0 radical (unpaired) electrons. The summed E-state index contributed by atoms with van der Waals surface area (Å²) >= 11 is 7.04. The Morgan fingerprint density at radius 2 is 2.08 bits per heavy atom. The lowest BCUT2D eigenvalue weighted by molar-refractivity contribution is -0.139. The molecule has 0 atom stereocenters. The minimum absolute atomic E-state index is 0.266. The first-order chi connectivity index (χ1) is 11.7. The predicted molar refractivity (Wildman–Crippen MR) is 89.0 cm³/mol. The van der Waals surface area contributed by atoms with E-state index in [1.807, 2.05) is 0 Å². The second-order valence-corrected chi connectivity index (χ2v) is 6.50. The molecule has 1 amide bonds. The van der Waals surface area contributed by atoms with Gasteiger partial charge in [-0.15, -0.1) is 0 Å². The van der Waals surface area contributed by atoms with E-state index in [0.29, 0.717) is 21.2 Å². The SMILES string of the molecule is O=C(Cn1cccc(C(F)(F)F)c1=O)Nc1nc2ccc(Cl)cc2s1. The topological polar surface area (TPSA) is 64.0 Å². The zero-order chi connectivity index (χ0) is 18.2. The molecule has 0 saturated heterocycles. The number of halogens is 4. The van der Waals surface area contributed by atoms with Crippen LogP contribution in [-0.2, 0) is 17.5 Å². The molecule has 5 nitrogen and oxygen atoms in total. The Bertz CT molecular complexity index is 1010. The number of nitrogens with one attached hydrogen (secondary N) is 1. The first-order valence-corrected chi connectivity index (χ1v) is 8.06. The van der Waals surface area contributed by atoms with E-state index < -0.39 is 29.8 Å². The number of anilines is 1. The summed E-state index contributed by atoms with van der Waals surface area (Å²) in [6, 6.07) is 6.76. The molecule has 0 spiro atoms. The summed E-state index contributed by atoms with van der Waals surface area (Å²) in [5.41, 5.74) is -1.97. The van der Waals surface area contributed by atoms with Gasteiger partial charge in [-0.25, -0.2) is 4.98 Å². The number of alkyl halides is 3. The van der Waals surface area contributed by atoms with Gasteiger partial charge >= 0.3 is 6.18 Å². The fourth-order valence-corrected chi connectivity index (χ4v) is 3.30. The third-order valence-electron chi connectivity index (χ3n) is 3.24. The van der Waals surface area contributed by atoms with Crippen LogP contribution >= 0.6 is 22.9 Å². The molecule has 0 bridgehead atoms. The Balaban J connectivity index is 1.79. The first kappa shape index (κ1) is 17.4. The van der Waals surface area contributed by atoms with Gasteiger partial charge in [0.05, 0.1) is 10.2 Å². The standard InChI is InChI=1S/C15H9ClF3N3O2S/c16-8-3-4-10-11(6-8)25-14(20-10)21-12(23)7-22-5-1-2-9(13(22)24)15(17,18)19/h1-6H,7H2,(H,20,21,23). The van der Waals surface area contributed by atoms with Crippen LogP contribution in [0.1, 0.15) is 5.56 Å². The minimum atomic E-state index is -4.77. The van der Waals surface area contributed by atoms with E-state index >= 15 is 0 Å². The average Bonchev–Trinajstić information content (AvgIpc) is 2.89. The number of carbonyl (C=O) groups is 1. The molecule has 3 rings (SSSR count). The summed E-state index contributed by atoms with van der Waals surface area (Å²) in [6.07, 6.45) is -3.65. The third-order valence-corrected chi connectivity index (χ3v) is 4.41. The molecule has 3 aromatic rings. The number of hydrogen-bond donors (Lipinski definition) is 1. The van der Waals surface area contributed by atoms with Crippen LogP contribution in [0.5, 0.6) is 0 Å². The Morgan fingerprint density at radius 1 is 1.32 bits per heavy atom. The van der Waals surface area contributed by atoms with Gasteiger partial charge in [0.2, 0.25) is 5.91 Å². The fourth-order valence-electron chi connectivity index (χ4n) is 2.14. The highest BCUT2D eigenvalue weighted by Gasteiger charge is 2.34. The van der Waals surface area contributed by atoms with Gasteiger partial charge in [0.25, 0.3) is 5.56 Å². The Labute approximate surface area is 147 Å². The van der Waals surface area contributed by atoms with Gasteiger partial charge in [0.15, 0.2) is 5.13 Å². The van der Waals surface area contributed by atoms with Crippen molar-refractivity contribution in [3.05, 3.63) is 57.5 Å². The van der Waals surface area contributed by atoms with E-state index in [2.05, 4.69) is 10.3 Å². The van der Waals surface area contributed by atoms with Gasteiger partial charge in [-0.3, -0.25) is 9.59 Å². The molecule has 0 aliphatic heterocycles. The van der Waals surface area contributed by atoms with Crippen LogP contribution in [0.3, 0.4) is 0 Å². The number of aromatic nitrogens is 2. The van der Waals surface area contributed by atoms with Crippen LogP contribution in [0.25, 0.3) is 10.2 Å². The van der Waals surface area contributed by atoms with E-state index in [4.69, 9.17) is 11.6 Å². The minimum Gasteiger partial charge on any atom is -0.306 e. The molecule has 10 heteroatoms. The van der Waals surface area contributed by atoms with Crippen LogP contribution in [0, 0.1) is 0 Å². The van der Waals surface area contributed by atoms with Crippen LogP contribution in [0.2, 0.25) is 5.02 Å². The van der Waals surface area contributed by atoms with E-state index in [0.717, 1.165) is 17.0 Å². The van der Waals surface area contributed by atoms with Crippen molar-refractivity contribution in [2.24, 2.45) is 0 Å². The number of carbonyl (C=O) groups excluding carboxylic acids is 1. The van der Waals surface area contributed by atoms with Crippen LogP contribution in [0.15, 0.2) is 41.3 Å². The van der Waals surface area contributed by atoms with Gasteiger partial charge < -0.3 is 9.88 Å². The van der Waals surface area contributed by atoms with E-state index in [1.54, 1.807) is 18.2 Å². The lowest BCUT2D eigenvalue weighted by Crippen LogP contribution is -2.31. The summed E-state index contributed by atoms with van der Waals surface area (Å²) in [4.78, 5) is 28.0. The molecule has 0 fully saturated rings. The summed E-state index contributed by atoms with van der Waals surface area (Å²) in [6.45, 7) is -0.556. The number of nitrogens with zero attached hydrogens (tertiary/aromatic N) is 2. The van der Waals surface area contributed by atoms with E-state index in [1.165, 1.54) is 11.3 Å². The number of fused-ring (bicyclic) bond motifs is 1. The van der Waals surface area contributed by atoms with Crippen molar-refractivity contribution < 1.29 is 18.0 Å². The van der Waals surface area contributed by atoms with Gasteiger partial charge in [-0.2, -0.15) is 13.2 Å². The Kier molecular flexibility index (Phi) is 4.53. The van der Waals surface area contributed by atoms with Gasteiger partial charge in [0, 0.05) is 11.2 Å². The van der Waals surface area contributed by atoms with Crippen LogP contribution < -0.4 is 10.9 Å². The van der Waals surface area contributed by atoms with Gasteiger partial charge in [-0.1, -0.05) is 22.9 Å². The highest BCUT2D eigenvalue weighted by molar-refractivity contribution is 7.22. The second-order valence-electron chi connectivity index (χ2n) is 5.03. The largest absolute Gasteiger partial charge is 0.421 e. The van der Waals surface area contributed by atoms with Crippen molar-refractivity contribution >= 4 is 44.2 Å². The zero-order valence-corrected chi connectivity index (χ0v) is 13.9. The van der Waals surface area contributed by atoms with E-state index in [9.17, 15) is 22.8 Å². The van der Waals surface area contributed by atoms with Crippen LogP contribution in [0.4, 0.5) is 18.3 Å². The molecular weight excluding hydrogens is 379 g/mol. The maximum absolute atomic E-state index is 12.7. The number of amides is 1. The summed E-state index contributed by atoms with van der Waals surface area (Å²) in [5, 5.41) is 3.25. The van der Waals surface area contributed by atoms with Crippen molar-refractivity contribution in [2.75, 3.05) is 5.32 Å². The lowest BCUT2D eigenvalue weighted by Gasteiger charge is -2.09. The van der Waals surface area contributed by atoms with Crippen LogP contribution in [-0.4, -0.2) is 15.5 Å². The van der Waals surface area contributed by atoms with Crippen molar-refractivity contribution in [3.63, 3.8) is 0 Å². The highest BCUT2D eigenvalue weighted by Crippen LogP contribution is 2.28. The molecule has 0 saturated carbocycles. The molecule has 0 unspecified atom stereocenters. The zero-order valence-electron chi connectivity index (χ0n) is 12.3. The Morgan fingerprint density at radius 3 is 2.80 bits per heavy atom. The first-order valence-electron chi connectivity index (χ1n) is 6.86. The molecule has 0 aliphatic carbocycles. The van der Waals surface area contributed by atoms with Gasteiger partial charge in [0.1, 0.15) is 12.1 Å². The number of pyridine rings is 1. The monoisotopic (exact) mass is 387 g/mol. The molecular formula is C15H9ClF3N3O2S.